The van der Waals surface area contributed by atoms with Gasteiger partial charge in [-0.2, -0.15) is 0 Å². The summed E-state index contributed by atoms with van der Waals surface area (Å²) < 4.78 is 0. The Morgan fingerprint density at radius 3 is 1.81 bits per heavy atom. The molecule has 0 radical (unpaired) electrons. The molecule has 0 saturated heterocycles. The molecule has 1 aromatic rings. The molecule has 1 saturated carbocycles. The molecule has 2 atom stereocenters. The van der Waals surface area contributed by atoms with Crippen LogP contribution in [0, 0.1) is 46.0 Å². The Hall–Kier alpha value is -0.490. The molecule has 0 nitrogen and oxygen atoms in total. The Labute approximate surface area is 136 Å². The molecule has 2 unspecified atom stereocenters. The zero-order valence-electron chi connectivity index (χ0n) is 14.9. The third-order valence-corrected chi connectivity index (χ3v) is 6.80. The summed E-state index contributed by atoms with van der Waals surface area (Å²) in [5.41, 5.74) is 8.88. The molecule has 0 aromatic heterocycles. The number of hydrogen-bond acceptors (Lipinski definition) is 0. The van der Waals surface area contributed by atoms with Crippen molar-refractivity contribution in [3.8, 4) is 0 Å². The zero-order chi connectivity index (χ0) is 15.9. The Morgan fingerprint density at radius 1 is 0.857 bits per heavy atom. The van der Waals surface area contributed by atoms with Crippen LogP contribution in [0.15, 0.2) is 0 Å². The summed E-state index contributed by atoms with van der Waals surface area (Å²) >= 11 is 7.08. The Kier molecular flexibility index (Phi) is 4.78. The minimum atomic E-state index is 0.151. The van der Waals surface area contributed by atoms with Gasteiger partial charge in [-0.15, -0.1) is 11.6 Å². The first-order valence-electron chi connectivity index (χ1n) is 8.39. The van der Waals surface area contributed by atoms with E-state index in [1.54, 1.807) is 0 Å². The van der Waals surface area contributed by atoms with Crippen molar-refractivity contribution in [2.45, 2.75) is 79.5 Å². The van der Waals surface area contributed by atoms with Crippen molar-refractivity contribution in [2.75, 3.05) is 0 Å². The van der Waals surface area contributed by atoms with Crippen LogP contribution in [0.3, 0.4) is 0 Å². The summed E-state index contributed by atoms with van der Waals surface area (Å²) in [4.78, 5) is 0. The molecular formula is C20H31Cl. The number of alkyl halides is 1. The maximum atomic E-state index is 7.08. The van der Waals surface area contributed by atoms with Gasteiger partial charge >= 0.3 is 0 Å². The van der Waals surface area contributed by atoms with Crippen molar-refractivity contribution in [3.05, 3.63) is 33.4 Å². The minimum Gasteiger partial charge on any atom is -0.117 e. The van der Waals surface area contributed by atoms with E-state index >= 15 is 0 Å². The first-order valence-corrected chi connectivity index (χ1v) is 8.83. The third kappa shape index (κ3) is 2.89. The van der Waals surface area contributed by atoms with Crippen LogP contribution in [0.5, 0.6) is 0 Å². The van der Waals surface area contributed by atoms with E-state index in [2.05, 4.69) is 48.5 Å². The highest BCUT2D eigenvalue weighted by Gasteiger charge is 2.38. The highest BCUT2D eigenvalue weighted by Crippen LogP contribution is 2.51. The fraction of sp³-hybridized carbons (Fsp3) is 0.700. The molecule has 1 aliphatic carbocycles. The predicted octanol–water partition coefficient (Wildman–Crippen LogP) is 6.73. The van der Waals surface area contributed by atoms with Crippen molar-refractivity contribution in [3.63, 3.8) is 0 Å². The van der Waals surface area contributed by atoms with Gasteiger partial charge < -0.3 is 0 Å². The van der Waals surface area contributed by atoms with Crippen LogP contribution in [0.1, 0.15) is 78.3 Å². The molecule has 0 bridgehead atoms. The van der Waals surface area contributed by atoms with Crippen LogP contribution in [-0.4, -0.2) is 0 Å². The van der Waals surface area contributed by atoms with Gasteiger partial charge in [0.15, 0.2) is 0 Å². The molecule has 21 heavy (non-hydrogen) atoms. The first-order chi connectivity index (χ1) is 9.68. The quantitative estimate of drug-likeness (QED) is 0.532. The summed E-state index contributed by atoms with van der Waals surface area (Å²) in [5.74, 6) is 0.590. The number of benzene rings is 1. The van der Waals surface area contributed by atoms with E-state index in [9.17, 15) is 0 Å². The molecule has 1 aliphatic rings. The lowest BCUT2D eigenvalue weighted by Gasteiger charge is -2.42. The average Bonchev–Trinajstić information content (AvgIpc) is 2.42. The molecular weight excluding hydrogens is 276 g/mol. The van der Waals surface area contributed by atoms with Gasteiger partial charge in [0.2, 0.25) is 0 Å². The summed E-state index contributed by atoms with van der Waals surface area (Å²) in [7, 11) is 0. The average molecular weight is 307 g/mol. The van der Waals surface area contributed by atoms with E-state index in [-0.39, 0.29) is 5.38 Å². The maximum Gasteiger partial charge on any atom is 0.0623 e. The standard InChI is InChI=1S/C20H31Cl/c1-12-13(2)15(4)18(16(5)14(12)3)19(21)17-10-8-9-11-20(17,6)7/h17,19H,8-11H2,1-7H3. The van der Waals surface area contributed by atoms with Crippen LogP contribution in [0.2, 0.25) is 0 Å². The van der Waals surface area contributed by atoms with Gasteiger partial charge in [-0.1, -0.05) is 26.7 Å². The van der Waals surface area contributed by atoms with Crippen LogP contribution in [0.4, 0.5) is 0 Å². The van der Waals surface area contributed by atoms with Crippen LogP contribution in [-0.2, 0) is 0 Å². The van der Waals surface area contributed by atoms with Crippen molar-refractivity contribution < 1.29 is 0 Å². The zero-order valence-corrected chi connectivity index (χ0v) is 15.6. The molecule has 0 heterocycles. The van der Waals surface area contributed by atoms with Gasteiger partial charge in [-0.25, -0.2) is 0 Å². The fourth-order valence-electron chi connectivity index (χ4n) is 4.21. The lowest BCUT2D eigenvalue weighted by Crippen LogP contribution is -2.31. The summed E-state index contributed by atoms with van der Waals surface area (Å²) in [6.07, 6.45) is 5.27. The molecule has 118 valence electrons. The number of halogens is 1. The number of rotatable bonds is 2. The molecule has 0 aliphatic heterocycles. The molecule has 0 N–H and O–H groups in total. The van der Waals surface area contributed by atoms with Crippen LogP contribution < -0.4 is 0 Å². The van der Waals surface area contributed by atoms with Crippen molar-refractivity contribution in [1.82, 2.24) is 0 Å². The van der Waals surface area contributed by atoms with E-state index in [4.69, 9.17) is 11.6 Å². The summed E-state index contributed by atoms with van der Waals surface area (Å²) in [6.45, 7) is 16.1. The number of hydrogen-bond donors (Lipinski definition) is 0. The lowest BCUT2D eigenvalue weighted by atomic mass is 9.65. The normalized spacial score (nSPS) is 23.1. The van der Waals surface area contributed by atoms with Crippen molar-refractivity contribution in [2.24, 2.45) is 11.3 Å². The molecule has 1 heteroatoms. The fourth-order valence-corrected chi connectivity index (χ4v) is 5.00. The smallest absolute Gasteiger partial charge is 0.0623 e. The van der Waals surface area contributed by atoms with Gasteiger partial charge in [0, 0.05) is 0 Å². The summed E-state index contributed by atoms with van der Waals surface area (Å²) in [5, 5.41) is 0.151. The molecule has 1 aromatic carbocycles. The van der Waals surface area contributed by atoms with Gasteiger partial charge in [-0.05, 0) is 92.2 Å². The van der Waals surface area contributed by atoms with Gasteiger partial charge in [-0.3, -0.25) is 0 Å². The molecule has 0 amide bonds. The molecule has 2 rings (SSSR count). The lowest BCUT2D eigenvalue weighted by molar-refractivity contribution is 0.133. The van der Waals surface area contributed by atoms with Crippen molar-refractivity contribution in [1.29, 1.82) is 0 Å². The van der Waals surface area contributed by atoms with Crippen LogP contribution >= 0.6 is 11.6 Å². The van der Waals surface area contributed by atoms with E-state index in [0.717, 1.165) is 0 Å². The second-order valence-electron chi connectivity index (χ2n) is 7.78. The van der Waals surface area contributed by atoms with Crippen molar-refractivity contribution >= 4 is 11.6 Å². The first kappa shape index (κ1) is 16.9. The van der Waals surface area contributed by atoms with E-state index in [0.29, 0.717) is 11.3 Å². The second kappa shape index (κ2) is 5.95. The third-order valence-electron chi connectivity index (χ3n) is 6.28. The Balaban J connectivity index is 2.51. The highest BCUT2D eigenvalue weighted by atomic mass is 35.5. The monoisotopic (exact) mass is 306 g/mol. The van der Waals surface area contributed by atoms with E-state index < -0.39 is 0 Å². The Bertz CT molecular complexity index is 510. The topological polar surface area (TPSA) is 0 Å². The van der Waals surface area contributed by atoms with E-state index in [1.165, 1.54) is 59.1 Å². The molecule has 0 spiro atoms. The maximum absolute atomic E-state index is 7.08. The van der Waals surface area contributed by atoms with Gasteiger partial charge in [0.25, 0.3) is 0 Å². The van der Waals surface area contributed by atoms with Gasteiger partial charge in [0.05, 0.1) is 5.38 Å². The second-order valence-corrected chi connectivity index (χ2v) is 8.25. The highest BCUT2D eigenvalue weighted by molar-refractivity contribution is 6.21. The van der Waals surface area contributed by atoms with Gasteiger partial charge in [0.1, 0.15) is 0 Å². The minimum absolute atomic E-state index is 0.151. The Morgan fingerprint density at radius 2 is 1.33 bits per heavy atom. The summed E-state index contributed by atoms with van der Waals surface area (Å²) in [6, 6.07) is 0. The van der Waals surface area contributed by atoms with E-state index in [1.807, 2.05) is 0 Å². The predicted molar refractivity (Wildman–Crippen MR) is 94.5 cm³/mol. The SMILES string of the molecule is Cc1c(C)c(C)c(C(Cl)C2CCCCC2(C)C)c(C)c1C. The van der Waals surface area contributed by atoms with Crippen LogP contribution in [0.25, 0.3) is 0 Å². The molecule has 1 fully saturated rings. The largest absolute Gasteiger partial charge is 0.117 e.